The molecule has 1 N–H and O–H groups in total. The van der Waals surface area contributed by atoms with Gasteiger partial charge in [0, 0.05) is 6.21 Å². The van der Waals surface area contributed by atoms with Crippen molar-refractivity contribution >= 4 is 28.6 Å². The minimum absolute atomic E-state index is 0.0954. The molecule has 0 spiro atoms. The lowest BCUT2D eigenvalue weighted by molar-refractivity contribution is 0.962. The quantitative estimate of drug-likeness (QED) is 0.729. The zero-order chi connectivity index (χ0) is 13.4. The summed E-state index contributed by atoms with van der Waals surface area (Å²) in [6.45, 7) is 0. The van der Waals surface area contributed by atoms with Crippen LogP contribution in [0.1, 0.15) is 11.7 Å². The van der Waals surface area contributed by atoms with Crippen LogP contribution in [0.4, 0.5) is 11.4 Å². The van der Waals surface area contributed by atoms with E-state index < -0.39 is 0 Å². The number of aliphatic imine (C=N–C) groups is 1. The van der Waals surface area contributed by atoms with Crippen LogP contribution < -0.4 is 5.32 Å². The highest BCUT2D eigenvalue weighted by Gasteiger charge is 2.17. The van der Waals surface area contributed by atoms with Crippen LogP contribution in [0, 0.1) is 6.20 Å². The van der Waals surface area contributed by atoms with Gasteiger partial charge >= 0.3 is 0 Å². The number of nitrogens with one attached hydrogen (secondary N) is 1. The number of nitrogens with zero attached hydrogens (tertiary/aromatic N) is 3. The lowest BCUT2D eigenvalue weighted by Gasteiger charge is -2.20. The fourth-order valence-corrected chi connectivity index (χ4v) is 2.27. The maximum atomic E-state index is 4.60. The highest BCUT2D eigenvalue weighted by molar-refractivity contribution is 5.84. The number of benzene rings is 2. The molecule has 1 aromatic heterocycles. The summed E-state index contributed by atoms with van der Waals surface area (Å²) in [5, 5.41) is 3.39. The van der Waals surface area contributed by atoms with Crippen molar-refractivity contribution in [3.05, 3.63) is 60.4 Å². The van der Waals surface area contributed by atoms with E-state index in [0.717, 1.165) is 28.1 Å². The summed E-state index contributed by atoms with van der Waals surface area (Å²) in [7, 11) is 0. The van der Waals surface area contributed by atoms with Gasteiger partial charge in [0.15, 0.2) is 0 Å². The summed E-state index contributed by atoms with van der Waals surface area (Å²) in [6.07, 6.45) is 4.84. The van der Waals surface area contributed by atoms with Crippen molar-refractivity contribution in [3.63, 3.8) is 0 Å². The Morgan fingerprint density at radius 3 is 2.70 bits per heavy atom. The normalized spacial score (nSPS) is 16.7. The van der Waals surface area contributed by atoms with Gasteiger partial charge in [-0.05, 0) is 24.3 Å². The van der Waals surface area contributed by atoms with Gasteiger partial charge in [0.25, 0.3) is 0 Å². The fraction of sp³-hybridized carbons (Fsp3) is 0.0625. The van der Waals surface area contributed by atoms with Crippen molar-refractivity contribution in [3.8, 4) is 0 Å². The predicted octanol–water partition coefficient (Wildman–Crippen LogP) is 3.30. The lowest BCUT2D eigenvalue weighted by Crippen LogP contribution is -2.17. The third-order valence-corrected chi connectivity index (χ3v) is 3.29. The number of rotatable bonds is 1. The van der Waals surface area contributed by atoms with Gasteiger partial charge in [-0.25, -0.2) is 9.97 Å². The van der Waals surface area contributed by atoms with E-state index in [9.17, 15) is 0 Å². The fourth-order valence-electron chi connectivity index (χ4n) is 2.27. The highest BCUT2D eigenvalue weighted by Crippen LogP contribution is 2.31. The van der Waals surface area contributed by atoms with Gasteiger partial charge in [0.1, 0.15) is 12.2 Å². The van der Waals surface area contributed by atoms with E-state index in [0.29, 0.717) is 0 Å². The number of aromatic nitrogens is 2. The van der Waals surface area contributed by atoms with Crippen LogP contribution in [0.15, 0.2) is 53.5 Å². The van der Waals surface area contributed by atoms with Crippen molar-refractivity contribution in [2.75, 3.05) is 5.32 Å². The Morgan fingerprint density at radius 2 is 1.75 bits per heavy atom. The van der Waals surface area contributed by atoms with Crippen LogP contribution in [0.3, 0.4) is 0 Å². The van der Waals surface area contributed by atoms with Gasteiger partial charge in [-0.15, -0.1) is 0 Å². The van der Waals surface area contributed by atoms with E-state index in [1.165, 1.54) is 0 Å². The van der Waals surface area contributed by atoms with Crippen molar-refractivity contribution < 1.29 is 0 Å². The second-order valence-electron chi connectivity index (χ2n) is 4.63. The molecule has 2 heterocycles. The number of hydrogen-bond acceptors (Lipinski definition) is 4. The van der Waals surface area contributed by atoms with Gasteiger partial charge in [-0.1, -0.05) is 24.3 Å². The Labute approximate surface area is 116 Å². The highest BCUT2D eigenvalue weighted by atomic mass is 15.0. The van der Waals surface area contributed by atoms with Gasteiger partial charge in [0.05, 0.1) is 28.1 Å². The Balaban J connectivity index is 1.74. The Morgan fingerprint density at radius 1 is 0.950 bits per heavy atom. The van der Waals surface area contributed by atoms with Gasteiger partial charge in [-0.2, -0.15) is 0 Å². The summed E-state index contributed by atoms with van der Waals surface area (Å²) in [5.41, 5.74) is 4.42. The van der Waals surface area contributed by atoms with Gasteiger partial charge in [0.2, 0.25) is 0 Å². The average molecular weight is 259 g/mol. The molecule has 1 aliphatic rings. The monoisotopic (exact) mass is 259 g/mol. The van der Waals surface area contributed by atoms with Crippen LogP contribution in [0.2, 0.25) is 0 Å². The Kier molecular flexibility index (Phi) is 2.45. The van der Waals surface area contributed by atoms with E-state index in [2.05, 4.69) is 26.5 Å². The van der Waals surface area contributed by atoms with E-state index >= 15 is 0 Å². The van der Waals surface area contributed by atoms with Gasteiger partial charge in [-0.3, -0.25) is 4.99 Å². The average Bonchev–Trinajstić information content (AvgIpc) is 2.54. The molecule has 0 fully saturated rings. The minimum atomic E-state index is -0.0954. The molecule has 3 aromatic rings. The molecule has 0 aliphatic carbocycles. The molecule has 0 saturated heterocycles. The van der Waals surface area contributed by atoms with Crippen molar-refractivity contribution in [2.45, 2.75) is 6.04 Å². The molecule has 1 radical (unpaired) electrons. The first kappa shape index (κ1) is 11.1. The van der Waals surface area contributed by atoms with Gasteiger partial charge < -0.3 is 5.32 Å². The Hall–Kier alpha value is -2.75. The molecule has 2 aromatic carbocycles. The van der Waals surface area contributed by atoms with Crippen LogP contribution in [0.25, 0.3) is 11.0 Å². The second-order valence-corrected chi connectivity index (χ2v) is 4.63. The summed E-state index contributed by atoms with van der Waals surface area (Å²) in [5.74, 6) is 0. The molecule has 1 aliphatic heterocycles. The van der Waals surface area contributed by atoms with Crippen LogP contribution in [-0.2, 0) is 0 Å². The Bertz CT molecular complexity index is 810. The summed E-state index contributed by atoms with van der Waals surface area (Å²) >= 11 is 0. The van der Waals surface area contributed by atoms with Crippen LogP contribution in [0.5, 0.6) is 0 Å². The molecule has 1 atom stereocenters. The molecule has 4 rings (SSSR count). The molecule has 95 valence electrons. The molecule has 4 nitrogen and oxygen atoms in total. The minimum Gasteiger partial charge on any atom is -0.370 e. The molecule has 20 heavy (non-hydrogen) atoms. The van der Waals surface area contributed by atoms with Crippen molar-refractivity contribution in [2.24, 2.45) is 4.99 Å². The van der Waals surface area contributed by atoms with E-state index in [-0.39, 0.29) is 6.04 Å². The second kappa shape index (κ2) is 4.42. The number of anilines is 1. The molecule has 4 heteroatoms. The maximum Gasteiger partial charge on any atom is 0.115 e. The molecule has 0 bridgehead atoms. The molecular weight excluding hydrogens is 248 g/mol. The summed E-state index contributed by atoms with van der Waals surface area (Å²) in [4.78, 5) is 13.4. The first-order valence-corrected chi connectivity index (χ1v) is 6.44. The topological polar surface area (TPSA) is 50.2 Å². The van der Waals surface area contributed by atoms with Crippen molar-refractivity contribution in [1.82, 2.24) is 9.97 Å². The van der Waals surface area contributed by atoms with Crippen LogP contribution in [-0.4, -0.2) is 16.2 Å². The van der Waals surface area contributed by atoms with Crippen molar-refractivity contribution in [1.29, 1.82) is 0 Å². The van der Waals surface area contributed by atoms with E-state index in [4.69, 9.17) is 0 Å². The first-order valence-electron chi connectivity index (χ1n) is 6.44. The molecule has 0 saturated carbocycles. The van der Waals surface area contributed by atoms with Crippen LogP contribution >= 0.6 is 0 Å². The molecule has 1 unspecified atom stereocenters. The number of fused-ring (bicyclic) bond motifs is 2. The molecular formula is C16H11N4. The standard InChI is InChI=1S/C16H11N4/c1-3-7-13-11(5-1)17-9-15(19-13)16-10-18-12-6-2-4-8-14(12)20-16/h1-9,15,19H. The van der Waals surface area contributed by atoms with E-state index in [1.807, 2.05) is 54.7 Å². The number of para-hydroxylation sites is 4. The smallest absolute Gasteiger partial charge is 0.115 e. The summed E-state index contributed by atoms with van der Waals surface area (Å²) < 4.78 is 0. The number of hydrogen-bond donors (Lipinski definition) is 1. The largest absolute Gasteiger partial charge is 0.370 e. The summed E-state index contributed by atoms with van der Waals surface area (Å²) in [6, 6.07) is 15.6. The van der Waals surface area contributed by atoms with E-state index in [1.54, 1.807) is 0 Å². The zero-order valence-corrected chi connectivity index (χ0v) is 10.6. The SMILES string of the molecule is [c]1nc2ccccc2nc1C1C=Nc2ccccc2N1. The third kappa shape index (κ3) is 1.82. The lowest BCUT2D eigenvalue weighted by atomic mass is 10.1. The predicted molar refractivity (Wildman–Crippen MR) is 79.3 cm³/mol. The zero-order valence-electron chi connectivity index (χ0n) is 10.6. The molecule has 0 amide bonds. The first-order chi connectivity index (χ1) is 9.90. The third-order valence-electron chi connectivity index (χ3n) is 3.29. The maximum absolute atomic E-state index is 4.60.